The highest BCUT2D eigenvalue weighted by atomic mass is 79.9. The number of hydrogen-bond acceptors (Lipinski definition) is 3. The van der Waals surface area contributed by atoms with Crippen molar-refractivity contribution in [2.24, 2.45) is 0 Å². The van der Waals surface area contributed by atoms with Crippen molar-refractivity contribution >= 4 is 33.3 Å². The van der Waals surface area contributed by atoms with E-state index in [4.69, 9.17) is 0 Å². The number of amides is 1. The first kappa shape index (κ1) is 16.2. The van der Waals surface area contributed by atoms with Gasteiger partial charge in [0.2, 0.25) is 0 Å². The van der Waals surface area contributed by atoms with Crippen molar-refractivity contribution in [1.29, 1.82) is 0 Å². The van der Waals surface area contributed by atoms with Crippen LogP contribution < -0.4 is 10.6 Å². The van der Waals surface area contributed by atoms with Crippen molar-refractivity contribution in [2.75, 3.05) is 10.6 Å². The molecule has 0 atom stereocenters. The predicted molar refractivity (Wildman–Crippen MR) is 100 cm³/mol. The normalized spacial score (nSPS) is 10.2. The van der Waals surface area contributed by atoms with Gasteiger partial charge in [0, 0.05) is 28.5 Å². The Morgan fingerprint density at radius 2 is 1.75 bits per heavy atom. The summed E-state index contributed by atoms with van der Waals surface area (Å²) in [5.74, 6) is 0.504. The first-order valence-corrected chi connectivity index (χ1v) is 8.31. The Kier molecular flexibility index (Phi) is 5.23. The molecule has 3 aromatic rings. The molecule has 0 unspecified atom stereocenters. The molecule has 0 fully saturated rings. The van der Waals surface area contributed by atoms with Gasteiger partial charge in [-0.25, -0.2) is 4.98 Å². The van der Waals surface area contributed by atoms with Crippen molar-refractivity contribution in [3.63, 3.8) is 0 Å². The van der Waals surface area contributed by atoms with Crippen LogP contribution in [0.4, 0.5) is 11.5 Å². The maximum atomic E-state index is 12.3. The summed E-state index contributed by atoms with van der Waals surface area (Å²) >= 11 is 3.37. The van der Waals surface area contributed by atoms with Crippen LogP contribution in [0.15, 0.2) is 77.4 Å². The molecule has 0 aliphatic rings. The van der Waals surface area contributed by atoms with Gasteiger partial charge in [0.15, 0.2) is 0 Å². The maximum absolute atomic E-state index is 12.3. The molecule has 1 heterocycles. The molecule has 0 saturated heterocycles. The Morgan fingerprint density at radius 3 is 2.50 bits per heavy atom. The summed E-state index contributed by atoms with van der Waals surface area (Å²) in [5.41, 5.74) is 2.46. The minimum atomic E-state index is -0.164. The summed E-state index contributed by atoms with van der Waals surface area (Å²) in [4.78, 5) is 16.6. The van der Waals surface area contributed by atoms with Crippen LogP contribution in [-0.4, -0.2) is 10.9 Å². The van der Waals surface area contributed by atoms with Crippen LogP contribution in [0.25, 0.3) is 0 Å². The fourth-order valence-corrected chi connectivity index (χ4v) is 2.46. The lowest BCUT2D eigenvalue weighted by molar-refractivity contribution is 0.102. The van der Waals surface area contributed by atoms with Gasteiger partial charge in [-0.2, -0.15) is 0 Å². The third-order valence-corrected chi connectivity index (χ3v) is 3.97. The zero-order valence-electron chi connectivity index (χ0n) is 12.9. The minimum absolute atomic E-state index is 0.164. The molecular weight excluding hydrogens is 366 g/mol. The molecular formula is C19H16BrN3O. The van der Waals surface area contributed by atoms with Gasteiger partial charge in [-0.3, -0.25) is 4.79 Å². The highest BCUT2D eigenvalue weighted by molar-refractivity contribution is 9.10. The Morgan fingerprint density at radius 1 is 1.00 bits per heavy atom. The number of nitrogens with zero attached hydrogens (tertiary/aromatic N) is 1. The van der Waals surface area contributed by atoms with Crippen LogP contribution in [0.5, 0.6) is 0 Å². The Bertz CT molecular complexity index is 820. The Balaban J connectivity index is 1.65. The van der Waals surface area contributed by atoms with Crippen molar-refractivity contribution in [2.45, 2.75) is 6.54 Å². The van der Waals surface area contributed by atoms with Crippen molar-refractivity contribution in [1.82, 2.24) is 4.98 Å². The van der Waals surface area contributed by atoms with Gasteiger partial charge in [0.05, 0.1) is 0 Å². The van der Waals surface area contributed by atoms with E-state index in [-0.39, 0.29) is 5.91 Å². The molecule has 0 spiro atoms. The molecule has 1 amide bonds. The summed E-state index contributed by atoms with van der Waals surface area (Å²) in [6.45, 7) is 0.658. The second-order valence-corrected chi connectivity index (χ2v) is 6.15. The predicted octanol–water partition coefficient (Wildman–Crippen LogP) is 4.71. The number of anilines is 2. The number of carbonyl (C=O) groups excluding carboxylic acids is 1. The standard InChI is InChI=1S/C19H16BrN3O/c20-16-6-8-17(9-7-16)23-19(24)15-10-11-21-18(12-15)22-13-14-4-2-1-3-5-14/h1-12H,13H2,(H,21,22)(H,23,24). The van der Waals surface area contributed by atoms with Gasteiger partial charge in [0.1, 0.15) is 5.82 Å². The highest BCUT2D eigenvalue weighted by Gasteiger charge is 2.07. The SMILES string of the molecule is O=C(Nc1ccc(Br)cc1)c1ccnc(NCc2ccccc2)c1. The number of nitrogens with one attached hydrogen (secondary N) is 2. The van der Waals surface area contributed by atoms with E-state index >= 15 is 0 Å². The molecule has 0 aliphatic carbocycles. The lowest BCUT2D eigenvalue weighted by Crippen LogP contribution is -2.12. The van der Waals surface area contributed by atoms with E-state index in [0.29, 0.717) is 17.9 Å². The Labute approximate surface area is 149 Å². The van der Waals surface area contributed by atoms with Gasteiger partial charge < -0.3 is 10.6 Å². The molecule has 0 saturated carbocycles. The zero-order chi connectivity index (χ0) is 16.8. The van der Waals surface area contributed by atoms with E-state index in [1.807, 2.05) is 54.6 Å². The van der Waals surface area contributed by atoms with E-state index < -0.39 is 0 Å². The Hall–Kier alpha value is -2.66. The van der Waals surface area contributed by atoms with E-state index in [9.17, 15) is 4.79 Å². The molecule has 0 aliphatic heterocycles. The molecule has 2 aromatic carbocycles. The molecule has 0 bridgehead atoms. The van der Waals surface area contributed by atoms with Crippen LogP contribution in [0.2, 0.25) is 0 Å². The number of aromatic nitrogens is 1. The van der Waals surface area contributed by atoms with Crippen LogP contribution in [-0.2, 0) is 6.54 Å². The summed E-state index contributed by atoms with van der Waals surface area (Å²) < 4.78 is 0.969. The average Bonchev–Trinajstić information content (AvgIpc) is 2.63. The second-order valence-electron chi connectivity index (χ2n) is 5.23. The minimum Gasteiger partial charge on any atom is -0.366 e. The largest absolute Gasteiger partial charge is 0.366 e. The molecule has 5 heteroatoms. The number of rotatable bonds is 5. The number of hydrogen-bond donors (Lipinski definition) is 2. The summed E-state index contributed by atoms with van der Waals surface area (Å²) in [6, 6.07) is 20.9. The fourth-order valence-electron chi connectivity index (χ4n) is 2.19. The summed E-state index contributed by atoms with van der Waals surface area (Å²) in [5, 5.41) is 6.10. The monoisotopic (exact) mass is 381 g/mol. The van der Waals surface area contributed by atoms with Gasteiger partial charge in [-0.15, -0.1) is 0 Å². The number of halogens is 1. The molecule has 2 N–H and O–H groups in total. The van der Waals surface area contributed by atoms with E-state index in [2.05, 4.69) is 31.5 Å². The lowest BCUT2D eigenvalue weighted by Gasteiger charge is -2.08. The van der Waals surface area contributed by atoms with Gasteiger partial charge in [-0.1, -0.05) is 46.3 Å². The topological polar surface area (TPSA) is 54.0 Å². The molecule has 1 aromatic heterocycles. The molecule has 24 heavy (non-hydrogen) atoms. The quantitative estimate of drug-likeness (QED) is 0.672. The third-order valence-electron chi connectivity index (χ3n) is 3.44. The van der Waals surface area contributed by atoms with Crippen molar-refractivity contribution < 1.29 is 4.79 Å². The van der Waals surface area contributed by atoms with Gasteiger partial charge in [0.25, 0.3) is 5.91 Å². The van der Waals surface area contributed by atoms with E-state index in [1.54, 1.807) is 18.3 Å². The molecule has 120 valence electrons. The van der Waals surface area contributed by atoms with Crippen molar-refractivity contribution in [3.05, 3.63) is 88.5 Å². The second kappa shape index (κ2) is 7.75. The van der Waals surface area contributed by atoms with E-state index in [1.165, 1.54) is 0 Å². The van der Waals surface area contributed by atoms with Crippen molar-refractivity contribution in [3.8, 4) is 0 Å². The fraction of sp³-hybridized carbons (Fsp3) is 0.0526. The van der Waals surface area contributed by atoms with Crippen LogP contribution in [0.3, 0.4) is 0 Å². The first-order valence-electron chi connectivity index (χ1n) is 7.51. The molecule has 3 rings (SSSR count). The number of carbonyl (C=O) groups is 1. The van der Waals surface area contributed by atoms with Gasteiger partial charge >= 0.3 is 0 Å². The summed E-state index contributed by atoms with van der Waals surface area (Å²) in [7, 11) is 0. The zero-order valence-corrected chi connectivity index (χ0v) is 14.5. The third kappa shape index (κ3) is 4.43. The van der Waals surface area contributed by atoms with E-state index in [0.717, 1.165) is 15.7 Å². The summed E-state index contributed by atoms with van der Waals surface area (Å²) in [6.07, 6.45) is 1.63. The van der Waals surface area contributed by atoms with Crippen LogP contribution >= 0.6 is 15.9 Å². The van der Waals surface area contributed by atoms with Crippen LogP contribution in [0.1, 0.15) is 15.9 Å². The smallest absolute Gasteiger partial charge is 0.255 e. The number of benzene rings is 2. The maximum Gasteiger partial charge on any atom is 0.255 e. The van der Waals surface area contributed by atoms with Gasteiger partial charge in [-0.05, 0) is 42.0 Å². The molecule has 0 radical (unpaired) electrons. The van der Waals surface area contributed by atoms with Crippen LogP contribution in [0, 0.1) is 0 Å². The molecule has 4 nitrogen and oxygen atoms in total. The first-order chi connectivity index (χ1) is 11.7. The highest BCUT2D eigenvalue weighted by Crippen LogP contribution is 2.16. The number of pyridine rings is 1. The average molecular weight is 382 g/mol. The lowest BCUT2D eigenvalue weighted by atomic mass is 10.2.